The molecule has 22 heavy (non-hydrogen) atoms. The number of benzene rings is 1. The maximum Gasteiger partial charge on any atom is 0.265 e. The van der Waals surface area contributed by atoms with Crippen molar-refractivity contribution < 1.29 is 14.3 Å². The van der Waals surface area contributed by atoms with E-state index in [4.69, 9.17) is 4.74 Å². The van der Waals surface area contributed by atoms with E-state index in [-0.39, 0.29) is 31.0 Å². The van der Waals surface area contributed by atoms with Crippen molar-refractivity contribution in [3.8, 4) is 5.75 Å². The molecule has 0 saturated carbocycles. The molecule has 1 aromatic rings. The van der Waals surface area contributed by atoms with Crippen molar-refractivity contribution in [3.05, 3.63) is 22.7 Å². The molecule has 1 unspecified atom stereocenters. The number of nitrogens with one attached hydrogen (secondary N) is 2. The standard InChI is InChI=1S/C15H18BrN3O3/c16-10-3-4-12-13(6-10)22-9-15(21)19(12)8-14(20)18-11-2-1-5-17-7-11/h3-4,6,11,17H,1-2,5,7-9H2,(H,18,20). The van der Waals surface area contributed by atoms with E-state index in [0.717, 1.165) is 30.4 Å². The Labute approximate surface area is 137 Å². The monoisotopic (exact) mass is 367 g/mol. The number of fused-ring (bicyclic) bond motifs is 1. The van der Waals surface area contributed by atoms with Gasteiger partial charge in [0.05, 0.1) is 5.69 Å². The van der Waals surface area contributed by atoms with Crippen LogP contribution in [0.4, 0.5) is 5.69 Å². The van der Waals surface area contributed by atoms with E-state index in [2.05, 4.69) is 26.6 Å². The summed E-state index contributed by atoms with van der Waals surface area (Å²) in [6, 6.07) is 5.56. The molecule has 2 aliphatic heterocycles. The maximum absolute atomic E-state index is 12.2. The predicted molar refractivity (Wildman–Crippen MR) is 86.0 cm³/mol. The van der Waals surface area contributed by atoms with E-state index in [1.165, 1.54) is 4.90 Å². The van der Waals surface area contributed by atoms with Crippen molar-refractivity contribution in [2.24, 2.45) is 0 Å². The zero-order valence-electron chi connectivity index (χ0n) is 12.1. The third-order valence-electron chi connectivity index (χ3n) is 3.83. The number of carbonyl (C=O) groups excluding carboxylic acids is 2. The van der Waals surface area contributed by atoms with Gasteiger partial charge in [-0.15, -0.1) is 0 Å². The third-order valence-corrected chi connectivity index (χ3v) is 4.32. The van der Waals surface area contributed by atoms with Crippen LogP contribution in [0.5, 0.6) is 5.75 Å². The molecular formula is C15H18BrN3O3. The average Bonchev–Trinajstić information content (AvgIpc) is 2.51. The van der Waals surface area contributed by atoms with Crippen LogP contribution >= 0.6 is 15.9 Å². The van der Waals surface area contributed by atoms with Gasteiger partial charge in [-0.05, 0) is 37.6 Å². The molecule has 2 N–H and O–H groups in total. The number of hydrogen-bond acceptors (Lipinski definition) is 4. The van der Waals surface area contributed by atoms with Crippen molar-refractivity contribution in [2.45, 2.75) is 18.9 Å². The lowest BCUT2D eigenvalue weighted by molar-refractivity contribution is -0.125. The molecule has 1 atom stereocenters. The van der Waals surface area contributed by atoms with Gasteiger partial charge in [0.15, 0.2) is 6.61 Å². The highest BCUT2D eigenvalue weighted by Gasteiger charge is 2.28. The van der Waals surface area contributed by atoms with Gasteiger partial charge in [0.25, 0.3) is 5.91 Å². The second-order valence-corrected chi connectivity index (χ2v) is 6.41. The molecule has 2 amide bonds. The Morgan fingerprint density at radius 1 is 1.50 bits per heavy atom. The number of hydrogen-bond donors (Lipinski definition) is 2. The third kappa shape index (κ3) is 3.41. The SMILES string of the molecule is O=C(CN1C(=O)COc2cc(Br)ccc21)NC1CCCNC1. The molecule has 7 heteroatoms. The largest absolute Gasteiger partial charge is 0.482 e. The summed E-state index contributed by atoms with van der Waals surface area (Å²) >= 11 is 3.37. The van der Waals surface area contributed by atoms with Crippen molar-refractivity contribution in [3.63, 3.8) is 0 Å². The minimum Gasteiger partial charge on any atom is -0.482 e. The number of carbonyl (C=O) groups is 2. The summed E-state index contributed by atoms with van der Waals surface area (Å²) in [6.07, 6.45) is 2.03. The van der Waals surface area contributed by atoms with E-state index in [1.54, 1.807) is 12.1 Å². The molecule has 2 heterocycles. The fourth-order valence-electron chi connectivity index (χ4n) is 2.74. The van der Waals surface area contributed by atoms with Gasteiger partial charge < -0.3 is 15.4 Å². The summed E-state index contributed by atoms with van der Waals surface area (Å²) in [6.45, 7) is 1.76. The fourth-order valence-corrected chi connectivity index (χ4v) is 3.08. The van der Waals surface area contributed by atoms with Crippen molar-refractivity contribution in [2.75, 3.05) is 31.1 Å². The minimum atomic E-state index is -0.202. The molecule has 1 saturated heterocycles. The summed E-state index contributed by atoms with van der Waals surface area (Å²) in [4.78, 5) is 25.8. The van der Waals surface area contributed by atoms with Gasteiger partial charge in [0.2, 0.25) is 5.91 Å². The van der Waals surface area contributed by atoms with Crippen LogP contribution in [0, 0.1) is 0 Å². The van der Waals surface area contributed by atoms with Crippen LogP contribution in [-0.4, -0.2) is 44.1 Å². The van der Waals surface area contributed by atoms with Gasteiger partial charge in [-0.2, -0.15) is 0 Å². The highest BCUT2D eigenvalue weighted by Crippen LogP contribution is 2.34. The summed E-state index contributed by atoms with van der Waals surface area (Å²) < 4.78 is 6.29. The van der Waals surface area contributed by atoms with Crippen molar-refractivity contribution in [1.82, 2.24) is 10.6 Å². The number of piperidine rings is 1. The lowest BCUT2D eigenvalue weighted by Crippen LogP contribution is -2.50. The lowest BCUT2D eigenvalue weighted by atomic mass is 10.1. The zero-order valence-corrected chi connectivity index (χ0v) is 13.7. The molecule has 1 fully saturated rings. The van der Waals surface area contributed by atoms with Crippen molar-refractivity contribution >= 4 is 33.4 Å². The molecule has 0 spiro atoms. The molecule has 0 aliphatic carbocycles. The first-order valence-corrected chi connectivity index (χ1v) is 8.15. The van der Waals surface area contributed by atoms with Gasteiger partial charge >= 0.3 is 0 Å². The van der Waals surface area contributed by atoms with Crippen LogP contribution in [0.3, 0.4) is 0 Å². The van der Waals surface area contributed by atoms with E-state index in [9.17, 15) is 9.59 Å². The quantitative estimate of drug-likeness (QED) is 0.837. The molecule has 118 valence electrons. The molecule has 6 nitrogen and oxygen atoms in total. The van der Waals surface area contributed by atoms with Gasteiger partial charge in [-0.3, -0.25) is 14.5 Å². The summed E-state index contributed by atoms with van der Waals surface area (Å²) in [5, 5.41) is 6.24. The van der Waals surface area contributed by atoms with Crippen LogP contribution < -0.4 is 20.3 Å². The molecule has 0 radical (unpaired) electrons. The number of amides is 2. The van der Waals surface area contributed by atoms with Gasteiger partial charge in [-0.25, -0.2) is 0 Å². The number of nitrogens with zero attached hydrogens (tertiary/aromatic N) is 1. The van der Waals surface area contributed by atoms with Crippen LogP contribution in [0.15, 0.2) is 22.7 Å². The first-order chi connectivity index (χ1) is 10.6. The molecule has 0 bridgehead atoms. The summed E-state index contributed by atoms with van der Waals surface area (Å²) in [7, 11) is 0. The Morgan fingerprint density at radius 2 is 2.36 bits per heavy atom. The lowest BCUT2D eigenvalue weighted by Gasteiger charge is -2.30. The van der Waals surface area contributed by atoms with E-state index < -0.39 is 0 Å². The Morgan fingerprint density at radius 3 is 3.14 bits per heavy atom. The molecule has 3 rings (SSSR count). The number of rotatable bonds is 3. The highest BCUT2D eigenvalue weighted by atomic mass is 79.9. The number of anilines is 1. The normalized spacial score (nSPS) is 21.0. The number of halogens is 1. The smallest absolute Gasteiger partial charge is 0.265 e. The van der Waals surface area contributed by atoms with Crippen LogP contribution in [0.1, 0.15) is 12.8 Å². The van der Waals surface area contributed by atoms with Gasteiger partial charge in [0, 0.05) is 17.1 Å². The second-order valence-electron chi connectivity index (χ2n) is 5.49. The summed E-state index contributed by atoms with van der Waals surface area (Å²) in [5.41, 5.74) is 0.636. The predicted octanol–water partition coefficient (Wildman–Crippen LogP) is 1.04. The average molecular weight is 368 g/mol. The first kappa shape index (κ1) is 15.3. The Balaban J connectivity index is 1.68. The van der Waals surface area contributed by atoms with Crippen LogP contribution in [0.2, 0.25) is 0 Å². The van der Waals surface area contributed by atoms with Gasteiger partial charge in [-0.1, -0.05) is 15.9 Å². The number of ether oxygens (including phenoxy) is 1. The highest BCUT2D eigenvalue weighted by molar-refractivity contribution is 9.10. The topological polar surface area (TPSA) is 70.7 Å². The Bertz CT molecular complexity index is 587. The summed E-state index contributed by atoms with van der Waals surface area (Å²) in [5.74, 6) is 0.269. The minimum absolute atomic E-state index is 0.0212. The zero-order chi connectivity index (χ0) is 15.5. The molecule has 0 aromatic heterocycles. The second kappa shape index (κ2) is 6.66. The molecular weight excluding hydrogens is 350 g/mol. The fraction of sp³-hybridized carbons (Fsp3) is 0.467. The first-order valence-electron chi connectivity index (χ1n) is 7.36. The Hall–Kier alpha value is -1.60. The van der Waals surface area contributed by atoms with E-state index in [1.807, 2.05) is 6.07 Å². The molecule has 2 aliphatic rings. The van der Waals surface area contributed by atoms with Crippen molar-refractivity contribution in [1.29, 1.82) is 0 Å². The Kier molecular flexibility index (Phi) is 4.63. The van der Waals surface area contributed by atoms with Crippen LogP contribution in [0.25, 0.3) is 0 Å². The van der Waals surface area contributed by atoms with Gasteiger partial charge in [0.1, 0.15) is 12.3 Å². The maximum atomic E-state index is 12.2. The van der Waals surface area contributed by atoms with E-state index >= 15 is 0 Å². The van der Waals surface area contributed by atoms with Crippen LogP contribution in [-0.2, 0) is 9.59 Å². The van der Waals surface area contributed by atoms with E-state index in [0.29, 0.717) is 11.4 Å². The molecule has 1 aromatic carbocycles.